The van der Waals surface area contributed by atoms with Crippen molar-refractivity contribution in [2.45, 2.75) is 59.0 Å². The molecule has 0 spiro atoms. The van der Waals surface area contributed by atoms with Gasteiger partial charge in [-0.1, -0.05) is 149 Å². The van der Waals surface area contributed by atoms with Crippen molar-refractivity contribution in [3.63, 3.8) is 0 Å². The Hall–Kier alpha value is -5.57. The van der Waals surface area contributed by atoms with Gasteiger partial charge in [-0.25, -0.2) is 4.98 Å². The average molecular weight is 931 g/mol. The van der Waals surface area contributed by atoms with Gasteiger partial charge in [-0.3, -0.25) is 9.55 Å². The molecule has 0 bridgehead atoms. The number of hydrogen-bond acceptors (Lipinski definition) is 3. The minimum atomic E-state index is -3.56. The Labute approximate surface area is 371 Å². The van der Waals surface area contributed by atoms with Crippen LogP contribution in [0.5, 0.6) is 5.75 Å². The van der Waals surface area contributed by atoms with Gasteiger partial charge >= 0.3 is 0 Å². The van der Waals surface area contributed by atoms with Crippen molar-refractivity contribution in [1.29, 1.82) is 0 Å². The fraction of sp³-hybridized carbons (Fsp3) is 0.176. The molecule has 0 saturated carbocycles. The van der Waals surface area contributed by atoms with Gasteiger partial charge < -0.3 is 5.11 Å². The van der Waals surface area contributed by atoms with Crippen LogP contribution >= 0.6 is 0 Å². The number of aromatic hydroxyl groups is 1. The van der Waals surface area contributed by atoms with E-state index in [2.05, 4.69) is 11.1 Å². The summed E-state index contributed by atoms with van der Waals surface area (Å²) in [6.07, 6.45) is -0.680. The van der Waals surface area contributed by atoms with Crippen LogP contribution in [0.1, 0.15) is 84.1 Å². The summed E-state index contributed by atoms with van der Waals surface area (Å²) in [5.41, 5.74) is -3.02. The van der Waals surface area contributed by atoms with Crippen LogP contribution in [0.25, 0.3) is 72.7 Å². The van der Waals surface area contributed by atoms with E-state index in [9.17, 15) is 6.48 Å². The van der Waals surface area contributed by atoms with Crippen LogP contribution in [0.3, 0.4) is 0 Å². The summed E-state index contributed by atoms with van der Waals surface area (Å²) in [5.74, 6) is -0.0209. The maximum Gasteiger partial charge on any atom is 0.148 e. The second-order valence-electron chi connectivity index (χ2n) is 14.2. The fourth-order valence-electron chi connectivity index (χ4n) is 6.50. The molecule has 0 amide bonds. The van der Waals surface area contributed by atoms with Gasteiger partial charge in [-0.2, -0.15) is 0 Å². The second kappa shape index (κ2) is 15.2. The third kappa shape index (κ3) is 7.51. The molecule has 1 N–H and O–H groups in total. The summed E-state index contributed by atoms with van der Waals surface area (Å²) in [6.45, 7) is -7.93. The predicted molar refractivity (Wildman–Crippen MR) is 229 cm³/mol. The Morgan fingerprint density at radius 1 is 0.679 bits per heavy atom. The van der Waals surface area contributed by atoms with Crippen LogP contribution in [0.15, 0.2) is 146 Å². The summed E-state index contributed by atoms with van der Waals surface area (Å²) in [7, 11) is 0. The molecule has 0 aliphatic heterocycles. The fourth-order valence-corrected chi connectivity index (χ4v) is 6.50. The van der Waals surface area contributed by atoms with E-state index in [-0.39, 0.29) is 60.7 Å². The minimum absolute atomic E-state index is 0. The van der Waals surface area contributed by atoms with Crippen molar-refractivity contribution in [2.75, 3.05) is 0 Å². The van der Waals surface area contributed by atoms with E-state index in [0.717, 1.165) is 0 Å². The first kappa shape index (κ1) is 21.7. The third-order valence-corrected chi connectivity index (χ3v) is 9.33. The standard InChI is InChI=1S/C51H46N3O.Pt/c1-33-20-22-34(23-21-33)36-26-27-52-44(31-36)38-28-37(29-40(30-38)51(5,6)7)41-17-13-18-46-48(41)53-49(42-16-11-12-19-47(42)55)54(46)45-25-24-39(50(2,3)4)32-43(45)35-14-9-8-10-15-35;/h8-27,29-32,55H,1-7H3;/q-1;/i1D3,2D3,3D3,4D3,20D,21D,22D,23D,26D,27D,31D;. The van der Waals surface area contributed by atoms with Gasteiger partial charge in [0.25, 0.3) is 0 Å². The number of rotatable bonds is 6. The molecule has 8 rings (SSSR count). The molecule has 5 heteroatoms. The Balaban J connectivity index is 0.00000820. The normalized spacial score (nSPS) is 17.6. The molecule has 6 aromatic carbocycles. The molecular formula is C51H46N3OPt-. The Kier molecular flexibility index (Phi) is 5.86. The number of hydrogen-bond donors (Lipinski definition) is 1. The number of phenols is 1. The number of aromatic nitrogens is 3. The van der Waals surface area contributed by atoms with Gasteiger partial charge in [0.1, 0.15) is 11.6 Å². The van der Waals surface area contributed by atoms with Crippen LogP contribution in [-0.2, 0) is 31.9 Å². The number of phenolic OH excluding ortho intramolecular Hbond substituents is 1. The van der Waals surface area contributed by atoms with Crippen molar-refractivity contribution in [2.24, 2.45) is 0 Å². The van der Waals surface area contributed by atoms with E-state index in [1.807, 2.05) is 26.8 Å². The number of pyridine rings is 1. The van der Waals surface area contributed by atoms with E-state index in [4.69, 9.17) is 29.7 Å². The van der Waals surface area contributed by atoms with E-state index >= 15 is 0 Å². The van der Waals surface area contributed by atoms with Gasteiger partial charge in [-0.05, 0) is 76.3 Å². The molecule has 56 heavy (non-hydrogen) atoms. The maximum absolute atomic E-state index is 11.5. The van der Waals surface area contributed by atoms with Crippen LogP contribution in [-0.4, -0.2) is 19.6 Å². The zero-order valence-electron chi connectivity index (χ0n) is 49.4. The van der Waals surface area contributed by atoms with Gasteiger partial charge in [0.05, 0.1) is 31.9 Å². The monoisotopic (exact) mass is 930 g/mol. The SMILES string of the molecule is [2H]c1nc(-c2[c-]c(-c3cccc4c3nc(-c3ccccc3O)n4-c3ccc(C(C([2H])([2H])[2H])(C([2H])([2H])[2H])C([2H])([2H])[2H])cc3-c3ccccc3)cc(C(C)(C)C)c2)c([2H])c(-c2c([2H])c([2H])c(C([2H])([2H])[2H])c([2H])c2[2H])c1[2H].[Pt]. The molecule has 2 heterocycles. The van der Waals surface area contributed by atoms with Crippen LogP contribution < -0.4 is 0 Å². The summed E-state index contributed by atoms with van der Waals surface area (Å²) >= 11 is 0. The van der Waals surface area contributed by atoms with Crippen molar-refractivity contribution in [3.05, 3.63) is 168 Å². The molecule has 2 aromatic heterocycles. The minimum Gasteiger partial charge on any atom is -0.507 e. The molecule has 0 unspecified atom stereocenters. The molecule has 282 valence electrons. The Bertz CT molecular complexity index is 3470. The van der Waals surface area contributed by atoms with E-state index in [1.165, 1.54) is 24.3 Å². The van der Waals surface area contributed by atoms with Crippen molar-refractivity contribution in [1.82, 2.24) is 14.5 Å². The van der Waals surface area contributed by atoms with Crippen molar-refractivity contribution >= 4 is 11.0 Å². The molecule has 0 saturated heterocycles. The molecule has 4 nitrogen and oxygen atoms in total. The van der Waals surface area contributed by atoms with Gasteiger partial charge in [0, 0.05) is 54.9 Å². The Morgan fingerprint density at radius 3 is 2.14 bits per heavy atom. The van der Waals surface area contributed by atoms with Gasteiger partial charge in [-0.15, -0.1) is 29.3 Å². The number of para-hydroxylation sites is 2. The third-order valence-electron chi connectivity index (χ3n) is 9.33. The first-order valence-corrected chi connectivity index (χ1v) is 17.4. The summed E-state index contributed by atoms with van der Waals surface area (Å²) in [6, 6.07) is 26.2. The molecule has 0 fully saturated rings. The predicted octanol–water partition coefficient (Wildman–Crippen LogP) is 13.2. The quantitative estimate of drug-likeness (QED) is 0.169. The maximum atomic E-state index is 11.5. The molecule has 0 aliphatic rings. The summed E-state index contributed by atoms with van der Waals surface area (Å²) < 4.78 is 164. The van der Waals surface area contributed by atoms with E-state index in [1.54, 1.807) is 77.4 Å². The summed E-state index contributed by atoms with van der Waals surface area (Å²) in [5, 5.41) is 11.5. The van der Waals surface area contributed by atoms with E-state index < -0.39 is 103 Å². The van der Waals surface area contributed by atoms with Crippen molar-refractivity contribution < 1.29 is 52.2 Å². The molecule has 0 atom stereocenters. The van der Waals surface area contributed by atoms with Crippen molar-refractivity contribution in [3.8, 4) is 67.5 Å². The number of nitrogens with zero attached hydrogens (tertiary/aromatic N) is 3. The first-order chi connectivity index (χ1) is 34.2. The number of fused-ring (bicyclic) bond motifs is 1. The molecule has 8 aromatic rings. The van der Waals surface area contributed by atoms with Gasteiger partial charge in [0.2, 0.25) is 0 Å². The van der Waals surface area contributed by atoms with E-state index in [0.29, 0.717) is 33.3 Å². The zero-order valence-corrected chi connectivity index (χ0v) is 32.7. The van der Waals surface area contributed by atoms with Gasteiger partial charge in [0.15, 0.2) is 0 Å². The Morgan fingerprint density at radius 2 is 1.41 bits per heavy atom. The number of benzene rings is 6. The van der Waals surface area contributed by atoms with Crippen LogP contribution in [0, 0.1) is 12.9 Å². The zero-order chi connectivity index (χ0) is 54.6. The smallest absolute Gasteiger partial charge is 0.148 e. The number of imidazole rings is 1. The largest absolute Gasteiger partial charge is 0.507 e. The summed E-state index contributed by atoms with van der Waals surface area (Å²) in [4.78, 5) is 9.49. The molecule has 0 radical (unpaired) electrons. The second-order valence-corrected chi connectivity index (χ2v) is 14.2. The molecule has 0 aliphatic carbocycles. The average Bonchev–Trinajstić information content (AvgIpc) is 3.68. The van der Waals surface area contributed by atoms with Crippen LogP contribution in [0.4, 0.5) is 0 Å². The first-order valence-electron chi connectivity index (χ1n) is 26.9. The van der Waals surface area contributed by atoms with Crippen LogP contribution in [0.2, 0.25) is 0 Å². The topological polar surface area (TPSA) is 50.9 Å². The molecular weight excluding hydrogens is 866 g/mol.